The Hall–Kier alpha value is -3.40. The molecule has 0 aliphatic carbocycles. The number of nitrogens with zero attached hydrogens (tertiary/aromatic N) is 3. The predicted molar refractivity (Wildman–Crippen MR) is 115 cm³/mol. The number of carbonyl (C=O) groups is 1. The van der Waals surface area contributed by atoms with Crippen LogP contribution >= 0.6 is 11.3 Å². The van der Waals surface area contributed by atoms with Crippen LogP contribution in [0.15, 0.2) is 46.2 Å². The minimum Gasteiger partial charge on any atom is -0.334 e. The van der Waals surface area contributed by atoms with E-state index >= 15 is 0 Å². The lowest BCUT2D eigenvalue weighted by atomic mass is 10.0. The van der Waals surface area contributed by atoms with Gasteiger partial charge in [-0.25, -0.2) is 4.99 Å². The lowest BCUT2D eigenvalue weighted by Gasteiger charge is -2.26. The minimum absolute atomic E-state index is 0.0457. The maximum atomic E-state index is 13.2. The van der Waals surface area contributed by atoms with E-state index in [9.17, 15) is 22.8 Å². The van der Waals surface area contributed by atoms with Gasteiger partial charge in [-0.15, -0.1) is 0 Å². The van der Waals surface area contributed by atoms with E-state index < -0.39 is 11.7 Å². The molecule has 0 spiro atoms. The fourth-order valence-corrected chi connectivity index (χ4v) is 5.12. The number of aryl methyl sites for hydroxylation is 2. The van der Waals surface area contributed by atoms with E-state index in [1.54, 1.807) is 11.0 Å². The Morgan fingerprint density at radius 2 is 1.91 bits per heavy atom. The maximum absolute atomic E-state index is 13.2. The summed E-state index contributed by atoms with van der Waals surface area (Å²) in [7, 11) is 0. The van der Waals surface area contributed by atoms with Gasteiger partial charge in [0.25, 0.3) is 11.5 Å². The molecule has 1 amide bonds. The van der Waals surface area contributed by atoms with Crippen LogP contribution in [0.3, 0.4) is 0 Å². The fraction of sp³-hybridized carbons (Fsp3) is 0.227. The van der Waals surface area contributed by atoms with Gasteiger partial charge < -0.3 is 10.2 Å². The van der Waals surface area contributed by atoms with Crippen LogP contribution in [0.25, 0.3) is 5.57 Å². The molecule has 32 heavy (non-hydrogen) atoms. The van der Waals surface area contributed by atoms with Gasteiger partial charge in [-0.1, -0.05) is 29.0 Å². The summed E-state index contributed by atoms with van der Waals surface area (Å²) in [6.45, 7) is 3.97. The minimum atomic E-state index is -4.46. The molecule has 2 aliphatic rings. The highest BCUT2D eigenvalue weighted by Crippen LogP contribution is 2.34. The molecule has 0 fully saturated rings. The monoisotopic (exact) mass is 458 g/mol. The second-order valence-corrected chi connectivity index (χ2v) is 8.79. The first-order chi connectivity index (χ1) is 15.1. The molecular weight excluding hydrogens is 441 g/mol. The number of hydrogen-bond acceptors (Lipinski definition) is 5. The molecule has 1 aromatic heterocycles. The van der Waals surface area contributed by atoms with Crippen molar-refractivity contribution in [2.24, 2.45) is 4.99 Å². The Morgan fingerprint density at radius 1 is 1.12 bits per heavy atom. The normalized spacial score (nSPS) is 17.0. The topological polar surface area (TPSA) is 66.7 Å². The third-order valence-electron chi connectivity index (χ3n) is 5.53. The zero-order valence-electron chi connectivity index (χ0n) is 17.1. The van der Waals surface area contributed by atoms with Gasteiger partial charge in [0, 0.05) is 11.3 Å². The summed E-state index contributed by atoms with van der Waals surface area (Å²) in [5.41, 5.74) is 2.72. The summed E-state index contributed by atoms with van der Waals surface area (Å²) < 4.78 is 40.9. The third kappa shape index (κ3) is 3.22. The molecule has 0 unspecified atom stereocenters. The van der Waals surface area contributed by atoms with Gasteiger partial charge in [0.1, 0.15) is 17.9 Å². The summed E-state index contributed by atoms with van der Waals surface area (Å²) in [5, 5.41) is 2.84. The Bertz CT molecular complexity index is 1470. The highest BCUT2D eigenvalue weighted by molar-refractivity contribution is 7.07. The molecule has 2 aromatic carbocycles. The van der Waals surface area contributed by atoms with E-state index in [0.717, 1.165) is 34.6 Å². The van der Waals surface area contributed by atoms with Crippen molar-refractivity contribution < 1.29 is 18.0 Å². The number of anilines is 2. The van der Waals surface area contributed by atoms with Crippen molar-refractivity contribution in [1.82, 2.24) is 4.57 Å². The van der Waals surface area contributed by atoms with E-state index in [1.807, 2.05) is 26.0 Å². The Balaban J connectivity index is 1.61. The number of alkyl halides is 3. The highest BCUT2D eigenvalue weighted by Gasteiger charge is 2.32. The van der Waals surface area contributed by atoms with Gasteiger partial charge in [0.15, 0.2) is 4.80 Å². The van der Waals surface area contributed by atoms with Crippen LogP contribution in [-0.2, 0) is 17.6 Å². The van der Waals surface area contributed by atoms with Crippen LogP contribution in [0.4, 0.5) is 24.5 Å². The lowest BCUT2D eigenvalue weighted by molar-refractivity contribution is -0.137. The zero-order valence-corrected chi connectivity index (χ0v) is 17.9. The van der Waals surface area contributed by atoms with Gasteiger partial charge in [-0.05, 0) is 43.7 Å². The number of carbonyl (C=O) groups excluding carboxylic acids is 1. The van der Waals surface area contributed by atoms with Gasteiger partial charge >= 0.3 is 6.18 Å². The number of fused-ring (bicyclic) bond motifs is 2. The van der Waals surface area contributed by atoms with E-state index in [-0.39, 0.29) is 29.3 Å². The van der Waals surface area contributed by atoms with Crippen molar-refractivity contribution in [3.8, 4) is 0 Å². The number of thiazole rings is 1. The molecule has 2 aliphatic heterocycles. The summed E-state index contributed by atoms with van der Waals surface area (Å²) >= 11 is 1.12. The van der Waals surface area contributed by atoms with Crippen LogP contribution in [0, 0.1) is 13.8 Å². The molecule has 0 bridgehead atoms. The van der Waals surface area contributed by atoms with Gasteiger partial charge in [0.05, 0.1) is 16.8 Å². The van der Waals surface area contributed by atoms with E-state index in [2.05, 4.69) is 10.3 Å². The van der Waals surface area contributed by atoms with Crippen LogP contribution in [-0.4, -0.2) is 17.1 Å². The smallest absolute Gasteiger partial charge is 0.334 e. The molecule has 164 valence electrons. The molecule has 0 saturated carbocycles. The van der Waals surface area contributed by atoms with Gasteiger partial charge in [-0.2, -0.15) is 13.2 Å². The molecule has 0 atom stereocenters. The van der Waals surface area contributed by atoms with Crippen LogP contribution in [0.2, 0.25) is 0 Å². The van der Waals surface area contributed by atoms with E-state index in [4.69, 9.17) is 0 Å². The van der Waals surface area contributed by atoms with Crippen molar-refractivity contribution >= 4 is 34.2 Å². The largest absolute Gasteiger partial charge is 0.416 e. The first kappa shape index (κ1) is 20.5. The first-order valence-corrected chi connectivity index (χ1v) is 10.6. The van der Waals surface area contributed by atoms with Gasteiger partial charge in [-0.3, -0.25) is 14.2 Å². The lowest BCUT2D eigenvalue weighted by Crippen LogP contribution is -2.43. The number of aromatic nitrogens is 1. The van der Waals surface area contributed by atoms with E-state index in [1.165, 1.54) is 10.6 Å². The van der Waals surface area contributed by atoms with Crippen LogP contribution < -0.4 is 25.1 Å². The second kappa shape index (κ2) is 7.06. The van der Waals surface area contributed by atoms with Gasteiger partial charge in [0.2, 0.25) is 0 Å². The van der Waals surface area contributed by atoms with Crippen molar-refractivity contribution in [2.45, 2.75) is 26.7 Å². The number of amides is 1. The van der Waals surface area contributed by atoms with Crippen molar-refractivity contribution in [3.05, 3.63) is 78.3 Å². The molecule has 0 saturated heterocycles. The summed E-state index contributed by atoms with van der Waals surface area (Å²) in [6, 6.07) is 8.74. The average Bonchev–Trinajstić information content (AvgIpc) is 3.23. The highest BCUT2D eigenvalue weighted by atomic mass is 32.1. The quantitative estimate of drug-likeness (QED) is 0.610. The molecule has 0 radical (unpaired) electrons. The van der Waals surface area contributed by atoms with Crippen molar-refractivity contribution in [3.63, 3.8) is 0 Å². The molecule has 5 rings (SSSR count). The van der Waals surface area contributed by atoms with Crippen molar-refractivity contribution in [2.75, 3.05) is 16.9 Å². The number of halogens is 3. The molecule has 3 heterocycles. The average molecular weight is 458 g/mol. The Morgan fingerprint density at radius 3 is 2.66 bits per heavy atom. The molecular formula is C22H17F3N4O2S. The molecule has 3 aromatic rings. The molecule has 1 N–H and O–H groups in total. The Kier molecular flexibility index (Phi) is 4.52. The standard InChI is InChI=1S/C22H17F3N4O2S/c1-11-6-12(2)17-15(7-11)16(19(30)27-17)18-20(31)29-10-28(9-26-21(29)32-18)14-5-3-4-13(8-14)22(23,24)25/h3-8H,9-10H2,1-2H3,(H,27,30)/b18-16-. The third-order valence-corrected chi connectivity index (χ3v) is 6.65. The molecule has 6 nitrogen and oxygen atoms in total. The predicted octanol–water partition coefficient (Wildman–Crippen LogP) is 2.75. The van der Waals surface area contributed by atoms with E-state index in [0.29, 0.717) is 27.3 Å². The SMILES string of the molecule is Cc1cc(C)c2c(c1)/C(=c1/sc3n(c1=O)CN(c1cccc(C(F)(F)F)c1)CN=3)C(=O)N2. The first-order valence-electron chi connectivity index (χ1n) is 9.77. The van der Waals surface area contributed by atoms with Crippen LogP contribution in [0.5, 0.6) is 0 Å². The fourth-order valence-electron chi connectivity index (χ4n) is 4.06. The number of hydrogen-bond donors (Lipinski definition) is 1. The van der Waals surface area contributed by atoms with Crippen LogP contribution in [0.1, 0.15) is 22.3 Å². The maximum Gasteiger partial charge on any atom is 0.416 e. The zero-order chi connectivity index (χ0) is 22.8. The molecule has 10 heteroatoms. The second-order valence-electron chi connectivity index (χ2n) is 7.81. The van der Waals surface area contributed by atoms with Crippen molar-refractivity contribution in [1.29, 1.82) is 0 Å². The summed E-state index contributed by atoms with van der Waals surface area (Å²) in [6.07, 6.45) is -4.46. The summed E-state index contributed by atoms with van der Waals surface area (Å²) in [4.78, 5) is 32.4. The summed E-state index contributed by atoms with van der Waals surface area (Å²) in [5.74, 6) is -0.347. The number of nitrogens with one attached hydrogen (secondary N) is 1. The number of rotatable bonds is 1. The number of benzene rings is 2. The Labute approximate surface area is 183 Å².